The molecule has 128 valence electrons. The first kappa shape index (κ1) is 18.4. The molecule has 0 radical (unpaired) electrons. The number of hydrogen-bond donors (Lipinski definition) is 1. The van der Waals surface area contributed by atoms with Crippen LogP contribution in [0.4, 0.5) is 4.39 Å². The predicted molar refractivity (Wildman–Crippen MR) is 93.5 cm³/mol. The lowest BCUT2D eigenvalue weighted by atomic mass is 10.0. The Kier molecular flexibility index (Phi) is 6.70. The van der Waals surface area contributed by atoms with Crippen molar-refractivity contribution in [3.05, 3.63) is 65.7 Å². The van der Waals surface area contributed by atoms with Crippen molar-refractivity contribution < 1.29 is 9.18 Å². The number of hydrogen-bond acceptors (Lipinski definition) is 3. The van der Waals surface area contributed by atoms with Gasteiger partial charge >= 0.3 is 0 Å². The van der Waals surface area contributed by atoms with Crippen molar-refractivity contribution in [1.29, 1.82) is 0 Å². The minimum atomic E-state index is -0.269. The Balaban J connectivity index is 0.00000208. The second-order valence-corrected chi connectivity index (χ2v) is 5.68. The molecule has 1 aromatic carbocycles. The van der Waals surface area contributed by atoms with Gasteiger partial charge in [-0.1, -0.05) is 18.2 Å². The van der Waals surface area contributed by atoms with Gasteiger partial charge in [-0.3, -0.25) is 9.78 Å². The molecular formula is C18H21ClFN3O. The van der Waals surface area contributed by atoms with Crippen LogP contribution in [0.25, 0.3) is 0 Å². The molecule has 4 nitrogen and oxygen atoms in total. The van der Waals surface area contributed by atoms with Crippen LogP contribution in [0.2, 0.25) is 0 Å². The zero-order valence-corrected chi connectivity index (χ0v) is 14.1. The van der Waals surface area contributed by atoms with Crippen molar-refractivity contribution in [2.24, 2.45) is 0 Å². The summed E-state index contributed by atoms with van der Waals surface area (Å²) in [6.45, 7) is 2.06. The standard InChI is InChI=1S/C18H20FN3O.ClH/c19-15-5-3-4-14(12-15)17-13-20-10-11-22(17)18(23)8-7-16-6-1-2-9-21-16;/h1-6,9,12,17,20H,7-8,10-11,13H2;1H. The number of nitrogens with one attached hydrogen (secondary N) is 1. The summed E-state index contributed by atoms with van der Waals surface area (Å²) in [5, 5.41) is 3.28. The summed E-state index contributed by atoms with van der Waals surface area (Å²) in [5.41, 5.74) is 1.75. The number of carbonyl (C=O) groups excluding carboxylic acids is 1. The van der Waals surface area contributed by atoms with E-state index in [-0.39, 0.29) is 30.2 Å². The third-order valence-corrected chi connectivity index (χ3v) is 4.12. The number of amides is 1. The highest BCUT2D eigenvalue weighted by Crippen LogP contribution is 2.23. The van der Waals surface area contributed by atoms with E-state index in [1.807, 2.05) is 29.2 Å². The first-order chi connectivity index (χ1) is 11.2. The Morgan fingerprint density at radius 3 is 2.92 bits per heavy atom. The average Bonchev–Trinajstić information content (AvgIpc) is 2.60. The maximum Gasteiger partial charge on any atom is 0.223 e. The van der Waals surface area contributed by atoms with Gasteiger partial charge in [0, 0.05) is 37.9 Å². The van der Waals surface area contributed by atoms with Crippen molar-refractivity contribution in [3.8, 4) is 0 Å². The highest BCUT2D eigenvalue weighted by Gasteiger charge is 2.27. The summed E-state index contributed by atoms with van der Waals surface area (Å²) in [7, 11) is 0. The fraction of sp³-hybridized carbons (Fsp3) is 0.333. The van der Waals surface area contributed by atoms with Crippen LogP contribution in [0.1, 0.15) is 23.7 Å². The van der Waals surface area contributed by atoms with E-state index in [0.29, 0.717) is 25.9 Å². The van der Waals surface area contributed by atoms with Gasteiger partial charge in [-0.15, -0.1) is 12.4 Å². The van der Waals surface area contributed by atoms with Gasteiger partial charge in [-0.2, -0.15) is 0 Å². The largest absolute Gasteiger partial charge is 0.333 e. The van der Waals surface area contributed by atoms with Crippen LogP contribution in [-0.2, 0) is 11.2 Å². The first-order valence-corrected chi connectivity index (χ1v) is 7.89. The lowest BCUT2D eigenvalue weighted by Gasteiger charge is -2.36. The summed E-state index contributed by atoms with van der Waals surface area (Å²) in [5.74, 6) is -0.180. The molecule has 2 heterocycles. The highest BCUT2D eigenvalue weighted by atomic mass is 35.5. The third-order valence-electron chi connectivity index (χ3n) is 4.12. The summed E-state index contributed by atoms with van der Waals surface area (Å²) in [6.07, 6.45) is 2.78. The highest BCUT2D eigenvalue weighted by molar-refractivity contribution is 5.85. The number of rotatable bonds is 4. The molecule has 2 aromatic rings. The molecular weight excluding hydrogens is 329 g/mol. The molecule has 1 unspecified atom stereocenters. The van der Waals surface area contributed by atoms with Gasteiger partial charge in [0.15, 0.2) is 0 Å². The Labute approximate surface area is 147 Å². The zero-order valence-electron chi connectivity index (χ0n) is 13.3. The van der Waals surface area contributed by atoms with E-state index in [0.717, 1.165) is 17.8 Å². The van der Waals surface area contributed by atoms with Gasteiger partial charge in [0.25, 0.3) is 0 Å². The van der Waals surface area contributed by atoms with Crippen molar-refractivity contribution in [2.45, 2.75) is 18.9 Å². The van der Waals surface area contributed by atoms with Gasteiger partial charge < -0.3 is 10.2 Å². The second kappa shape index (κ2) is 8.76. The lowest BCUT2D eigenvalue weighted by Crippen LogP contribution is -2.48. The number of halogens is 2. The predicted octanol–water partition coefficient (Wildman–Crippen LogP) is 2.75. The van der Waals surface area contributed by atoms with Crippen molar-refractivity contribution in [1.82, 2.24) is 15.2 Å². The Hall–Kier alpha value is -1.98. The number of carbonyl (C=O) groups is 1. The fourth-order valence-electron chi connectivity index (χ4n) is 2.94. The molecule has 1 amide bonds. The Morgan fingerprint density at radius 2 is 2.17 bits per heavy atom. The van der Waals surface area contributed by atoms with E-state index >= 15 is 0 Å². The number of piperazine rings is 1. The van der Waals surface area contributed by atoms with E-state index in [9.17, 15) is 9.18 Å². The van der Waals surface area contributed by atoms with Crippen LogP contribution in [0.5, 0.6) is 0 Å². The molecule has 1 N–H and O–H groups in total. The van der Waals surface area contributed by atoms with Crippen LogP contribution in [0.15, 0.2) is 48.7 Å². The molecule has 1 atom stereocenters. The Morgan fingerprint density at radius 1 is 1.29 bits per heavy atom. The monoisotopic (exact) mass is 349 g/mol. The van der Waals surface area contributed by atoms with Gasteiger partial charge in [0.1, 0.15) is 5.82 Å². The molecule has 0 bridgehead atoms. The normalized spacial score (nSPS) is 17.2. The summed E-state index contributed by atoms with van der Waals surface area (Å²) in [4.78, 5) is 18.7. The third kappa shape index (κ3) is 4.52. The maximum absolute atomic E-state index is 13.5. The van der Waals surface area contributed by atoms with Gasteiger partial charge in [0.05, 0.1) is 6.04 Å². The molecule has 3 rings (SSSR count). The minimum Gasteiger partial charge on any atom is -0.333 e. The van der Waals surface area contributed by atoms with Crippen molar-refractivity contribution in [2.75, 3.05) is 19.6 Å². The number of aromatic nitrogens is 1. The molecule has 1 saturated heterocycles. The van der Waals surface area contributed by atoms with Crippen LogP contribution in [0.3, 0.4) is 0 Å². The molecule has 1 aliphatic rings. The van der Waals surface area contributed by atoms with Gasteiger partial charge in [-0.05, 0) is 36.2 Å². The zero-order chi connectivity index (χ0) is 16.1. The molecule has 1 fully saturated rings. The van der Waals surface area contributed by atoms with Crippen LogP contribution >= 0.6 is 12.4 Å². The van der Waals surface area contributed by atoms with Crippen LogP contribution in [0, 0.1) is 5.82 Å². The van der Waals surface area contributed by atoms with Gasteiger partial charge in [0.2, 0.25) is 5.91 Å². The molecule has 6 heteroatoms. The molecule has 0 aliphatic carbocycles. The van der Waals surface area contributed by atoms with E-state index in [1.54, 1.807) is 12.3 Å². The quantitative estimate of drug-likeness (QED) is 0.923. The lowest BCUT2D eigenvalue weighted by molar-refractivity contribution is -0.134. The molecule has 0 saturated carbocycles. The van der Waals surface area contributed by atoms with Crippen LogP contribution < -0.4 is 5.32 Å². The minimum absolute atomic E-state index is 0. The first-order valence-electron chi connectivity index (χ1n) is 7.89. The van der Waals surface area contributed by atoms with E-state index in [1.165, 1.54) is 12.1 Å². The van der Waals surface area contributed by atoms with E-state index < -0.39 is 0 Å². The summed E-state index contributed by atoms with van der Waals surface area (Å²) in [6, 6.07) is 12.1. The van der Waals surface area contributed by atoms with Gasteiger partial charge in [-0.25, -0.2) is 4.39 Å². The topological polar surface area (TPSA) is 45.2 Å². The summed E-state index contributed by atoms with van der Waals surface area (Å²) >= 11 is 0. The van der Waals surface area contributed by atoms with E-state index in [4.69, 9.17) is 0 Å². The number of nitrogens with zero attached hydrogens (tertiary/aromatic N) is 2. The molecule has 1 aliphatic heterocycles. The second-order valence-electron chi connectivity index (χ2n) is 5.68. The van der Waals surface area contributed by atoms with Crippen LogP contribution in [-0.4, -0.2) is 35.4 Å². The summed E-state index contributed by atoms with van der Waals surface area (Å²) < 4.78 is 13.5. The molecule has 0 spiro atoms. The Bertz CT molecular complexity index is 668. The van der Waals surface area contributed by atoms with E-state index in [2.05, 4.69) is 10.3 Å². The number of aryl methyl sites for hydroxylation is 1. The smallest absolute Gasteiger partial charge is 0.223 e. The number of pyridine rings is 1. The number of benzene rings is 1. The maximum atomic E-state index is 13.5. The van der Waals surface area contributed by atoms with Crippen molar-refractivity contribution >= 4 is 18.3 Å². The average molecular weight is 350 g/mol. The fourth-order valence-corrected chi connectivity index (χ4v) is 2.94. The SMILES string of the molecule is Cl.O=C(CCc1ccccn1)N1CCNCC1c1cccc(F)c1. The van der Waals surface area contributed by atoms with Crippen molar-refractivity contribution in [3.63, 3.8) is 0 Å². The molecule has 24 heavy (non-hydrogen) atoms. The molecule has 1 aromatic heterocycles.